The molecule has 0 aliphatic carbocycles. The molecule has 20 heavy (non-hydrogen) atoms. The zero-order valence-corrected chi connectivity index (χ0v) is 12.4. The number of rotatable bonds is 6. The fourth-order valence-electron chi connectivity index (χ4n) is 2.51. The first-order valence-electron chi connectivity index (χ1n) is 6.97. The Bertz CT molecular complexity index is 349. The SMILES string of the molecule is CCCC(NC(=O)N1CC(O)CC1CN(C)C)C(=O)O. The number of β-amino-alcohol motifs (C(OH)–C–C–N with tert-alkyl or cyclic N) is 1. The van der Waals surface area contributed by atoms with Crippen LogP contribution >= 0.6 is 0 Å². The summed E-state index contributed by atoms with van der Waals surface area (Å²) in [6, 6.07) is -1.37. The molecule has 116 valence electrons. The molecule has 7 nitrogen and oxygen atoms in total. The highest BCUT2D eigenvalue weighted by Gasteiger charge is 2.35. The summed E-state index contributed by atoms with van der Waals surface area (Å²) in [5.74, 6) is -1.02. The topological polar surface area (TPSA) is 93.1 Å². The van der Waals surface area contributed by atoms with Crippen molar-refractivity contribution in [1.29, 1.82) is 0 Å². The molecule has 1 saturated heterocycles. The Kier molecular flexibility index (Phi) is 6.22. The second-order valence-electron chi connectivity index (χ2n) is 5.59. The molecule has 3 N–H and O–H groups in total. The number of urea groups is 1. The van der Waals surface area contributed by atoms with Crippen molar-refractivity contribution in [2.24, 2.45) is 0 Å². The van der Waals surface area contributed by atoms with Crippen molar-refractivity contribution in [3.8, 4) is 0 Å². The van der Waals surface area contributed by atoms with E-state index in [4.69, 9.17) is 5.11 Å². The molecule has 3 unspecified atom stereocenters. The van der Waals surface area contributed by atoms with Crippen LogP contribution in [0.3, 0.4) is 0 Å². The average Bonchev–Trinajstić information content (AvgIpc) is 2.68. The minimum Gasteiger partial charge on any atom is -0.480 e. The third kappa shape index (κ3) is 4.64. The molecular weight excluding hydrogens is 262 g/mol. The molecule has 1 aliphatic rings. The van der Waals surface area contributed by atoms with E-state index in [1.54, 1.807) is 0 Å². The number of carboxylic acids is 1. The Hall–Kier alpha value is -1.34. The summed E-state index contributed by atoms with van der Waals surface area (Å²) in [6.45, 7) is 2.77. The molecule has 1 rings (SSSR count). The third-order valence-electron chi connectivity index (χ3n) is 3.40. The summed E-state index contributed by atoms with van der Waals surface area (Å²) >= 11 is 0. The molecule has 0 aromatic carbocycles. The van der Waals surface area contributed by atoms with Crippen LogP contribution in [0.15, 0.2) is 0 Å². The molecule has 0 aromatic heterocycles. The molecule has 2 amide bonds. The van der Waals surface area contributed by atoms with Gasteiger partial charge in [0.2, 0.25) is 0 Å². The summed E-state index contributed by atoms with van der Waals surface area (Å²) in [6.07, 6.45) is 1.06. The Labute approximate surface area is 119 Å². The zero-order chi connectivity index (χ0) is 15.3. The van der Waals surface area contributed by atoms with Crippen molar-refractivity contribution in [1.82, 2.24) is 15.1 Å². The van der Waals surface area contributed by atoms with Crippen LogP contribution in [-0.2, 0) is 4.79 Å². The lowest BCUT2D eigenvalue weighted by molar-refractivity contribution is -0.139. The minimum absolute atomic E-state index is 0.0870. The molecule has 0 radical (unpaired) electrons. The van der Waals surface area contributed by atoms with E-state index in [9.17, 15) is 14.7 Å². The summed E-state index contributed by atoms with van der Waals surface area (Å²) < 4.78 is 0. The Balaban J connectivity index is 2.66. The molecule has 0 spiro atoms. The van der Waals surface area contributed by atoms with Gasteiger partial charge in [-0.25, -0.2) is 9.59 Å². The van der Waals surface area contributed by atoms with E-state index in [2.05, 4.69) is 5.32 Å². The summed E-state index contributed by atoms with van der Waals surface area (Å²) in [4.78, 5) is 26.8. The van der Waals surface area contributed by atoms with Crippen LogP contribution < -0.4 is 5.32 Å². The van der Waals surface area contributed by atoms with Crippen molar-refractivity contribution in [2.75, 3.05) is 27.2 Å². The van der Waals surface area contributed by atoms with Gasteiger partial charge in [0.05, 0.1) is 6.10 Å². The van der Waals surface area contributed by atoms with Crippen LogP contribution in [0.5, 0.6) is 0 Å². The fraction of sp³-hybridized carbons (Fsp3) is 0.846. The monoisotopic (exact) mass is 287 g/mol. The van der Waals surface area contributed by atoms with Crippen molar-refractivity contribution in [2.45, 2.75) is 44.4 Å². The average molecular weight is 287 g/mol. The standard InChI is InChI=1S/C13H25N3O4/c1-4-5-11(12(18)19)14-13(20)16-8-10(17)6-9(16)7-15(2)3/h9-11,17H,4-8H2,1-3H3,(H,14,20)(H,18,19). The Morgan fingerprint density at radius 3 is 2.60 bits per heavy atom. The molecule has 0 aromatic rings. The maximum atomic E-state index is 12.2. The van der Waals surface area contributed by atoms with E-state index < -0.39 is 24.1 Å². The van der Waals surface area contributed by atoms with Crippen LogP contribution in [0.25, 0.3) is 0 Å². The first-order valence-corrected chi connectivity index (χ1v) is 6.97. The number of carboxylic acid groups (broad SMARTS) is 1. The van der Waals surface area contributed by atoms with Crippen molar-refractivity contribution < 1.29 is 19.8 Å². The molecule has 1 fully saturated rings. The molecule has 7 heteroatoms. The number of hydrogen-bond acceptors (Lipinski definition) is 4. The summed E-state index contributed by atoms with van der Waals surface area (Å²) in [5.41, 5.74) is 0. The van der Waals surface area contributed by atoms with Crippen LogP contribution in [0.1, 0.15) is 26.2 Å². The van der Waals surface area contributed by atoms with Crippen molar-refractivity contribution in [3.63, 3.8) is 0 Å². The predicted octanol–water partition coefficient (Wildman–Crippen LogP) is -0.0539. The minimum atomic E-state index is -1.02. The number of carbonyl (C=O) groups is 2. The van der Waals surface area contributed by atoms with E-state index in [0.717, 1.165) is 0 Å². The molecule has 0 bridgehead atoms. The molecule has 0 saturated carbocycles. The van der Waals surface area contributed by atoms with Crippen LogP contribution in [-0.4, -0.2) is 77.4 Å². The zero-order valence-electron chi connectivity index (χ0n) is 12.4. The number of nitrogens with zero attached hydrogens (tertiary/aromatic N) is 2. The summed E-state index contributed by atoms with van der Waals surface area (Å²) in [7, 11) is 3.80. The molecule has 3 atom stereocenters. The smallest absolute Gasteiger partial charge is 0.326 e. The van der Waals surface area contributed by atoms with Gasteiger partial charge in [0.1, 0.15) is 6.04 Å². The van der Waals surface area contributed by atoms with Gasteiger partial charge >= 0.3 is 12.0 Å². The number of carbonyl (C=O) groups excluding carboxylic acids is 1. The Morgan fingerprint density at radius 2 is 2.10 bits per heavy atom. The number of likely N-dealkylation sites (N-methyl/N-ethyl adjacent to an activating group) is 1. The van der Waals surface area contributed by atoms with Gasteiger partial charge in [-0.15, -0.1) is 0 Å². The van der Waals surface area contributed by atoms with E-state index in [-0.39, 0.29) is 12.6 Å². The maximum Gasteiger partial charge on any atom is 0.326 e. The Morgan fingerprint density at radius 1 is 1.45 bits per heavy atom. The van der Waals surface area contributed by atoms with Gasteiger partial charge < -0.3 is 25.3 Å². The molecule has 1 aliphatic heterocycles. The van der Waals surface area contributed by atoms with Crippen molar-refractivity contribution >= 4 is 12.0 Å². The van der Waals surface area contributed by atoms with Gasteiger partial charge in [0.25, 0.3) is 0 Å². The quantitative estimate of drug-likeness (QED) is 0.637. The van der Waals surface area contributed by atoms with Gasteiger partial charge in [0, 0.05) is 19.1 Å². The van der Waals surface area contributed by atoms with Gasteiger partial charge in [-0.05, 0) is 26.9 Å². The van der Waals surface area contributed by atoms with E-state index in [1.165, 1.54) is 4.90 Å². The normalized spacial score (nSPS) is 23.9. The lowest BCUT2D eigenvalue weighted by Crippen LogP contribution is -2.51. The summed E-state index contributed by atoms with van der Waals surface area (Å²) in [5, 5.41) is 21.3. The highest BCUT2D eigenvalue weighted by Crippen LogP contribution is 2.18. The lowest BCUT2D eigenvalue weighted by Gasteiger charge is -2.28. The second-order valence-corrected chi connectivity index (χ2v) is 5.59. The molecular formula is C13H25N3O4. The largest absolute Gasteiger partial charge is 0.480 e. The maximum absolute atomic E-state index is 12.2. The first-order chi connectivity index (χ1) is 9.35. The number of aliphatic hydroxyl groups is 1. The number of nitrogens with one attached hydrogen (secondary N) is 1. The number of hydrogen-bond donors (Lipinski definition) is 3. The number of likely N-dealkylation sites (tertiary alicyclic amines) is 1. The van der Waals surface area contributed by atoms with Gasteiger partial charge in [-0.2, -0.15) is 0 Å². The second kappa shape index (κ2) is 7.44. The highest BCUT2D eigenvalue weighted by molar-refractivity contribution is 5.82. The van der Waals surface area contributed by atoms with E-state index in [0.29, 0.717) is 25.8 Å². The van der Waals surface area contributed by atoms with Gasteiger partial charge in [-0.1, -0.05) is 13.3 Å². The van der Waals surface area contributed by atoms with E-state index >= 15 is 0 Å². The lowest BCUT2D eigenvalue weighted by atomic mass is 10.1. The van der Waals surface area contributed by atoms with Gasteiger partial charge in [-0.3, -0.25) is 0 Å². The van der Waals surface area contributed by atoms with Crippen molar-refractivity contribution in [3.05, 3.63) is 0 Å². The third-order valence-corrected chi connectivity index (χ3v) is 3.40. The number of amides is 2. The van der Waals surface area contributed by atoms with Crippen LogP contribution in [0, 0.1) is 0 Å². The van der Waals surface area contributed by atoms with Crippen LogP contribution in [0.4, 0.5) is 4.79 Å². The van der Waals surface area contributed by atoms with E-state index in [1.807, 2.05) is 25.9 Å². The molecule has 1 heterocycles. The van der Waals surface area contributed by atoms with Crippen LogP contribution in [0.2, 0.25) is 0 Å². The predicted molar refractivity (Wildman–Crippen MR) is 74.5 cm³/mol. The first kappa shape index (κ1) is 16.7. The van der Waals surface area contributed by atoms with Gasteiger partial charge in [0.15, 0.2) is 0 Å². The number of aliphatic hydroxyl groups excluding tert-OH is 1. The highest BCUT2D eigenvalue weighted by atomic mass is 16.4. The number of aliphatic carboxylic acids is 1. The fourth-order valence-corrected chi connectivity index (χ4v) is 2.51.